The molecule has 4 rings (SSSR count). The van der Waals surface area contributed by atoms with Crippen molar-refractivity contribution in [2.24, 2.45) is 11.8 Å². The number of carbonyl (C=O) groups excluding carboxylic acids is 1. The second kappa shape index (κ2) is 7.82. The fraction of sp³-hybridized carbons (Fsp3) is 0.550. The summed E-state index contributed by atoms with van der Waals surface area (Å²) in [6.07, 6.45) is 6.49. The zero-order chi connectivity index (χ0) is 17.9. The number of piperidine rings is 1. The number of rotatable bonds is 4. The van der Waals surface area contributed by atoms with Crippen molar-refractivity contribution < 1.29 is 9.21 Å². The summed E-state index contributed by atoms with van der Waals surface area (Å²) in [5.41, 5.74) is 2.09. The van der Waals surface area contributed by atoms with Crippen LogP contribution in [0.1, 0.15) is 37.7 Å². The van der Waals surface area contributed by atoms with Crippen LogP contribution in [-0.4, -0.2) is 39.8 Å². The van der Waals surface area contributed by atoms with E-state index in [9.17, 15) is 4.79 Å². The predicted molar refractivity (Wildman–Crippen MR) is 102 cm³/mol. The molecule has 138 valence electrons. The Morgan fingerprint density at radius 2 is 1.92 bits per heavy atom. The van der Waals surface area contributed by atoms with Crippen LogP contribution in [0.5, 0.6) is 0 Å². The van der Waals surface area contributed by atoms with E-state index in [0.717, 1.165) is 24.6 Å². The van der Waals surface area contributed by atoms with Crippen molar-refractivity contribution in [2.75, 3.05) is 18.8 Å². The number of carbonyl (C=O) groups is 1. The summed E-state index contributed by atoms with van der Waals surface area (Å²) in [5.74, 6) is 2.61. The molecule has 2 aliphatic rings. The maximum atomic E-state index is 12.6. The Balaban J connectivity index is 1.31. The molecule has 2 aromatic rings. The van der Waals surface area contributed by atoms with E-state index in [1.165, 1.54) is 49.4 Å². The molecule has 2 fully saturated rings. The van der Waals surface area contributed by atoms with Crippen LogP contribution in [0.15, 0.2) is 33.9 Å². The van der Waals surface area contributed by atoms with E-state index in [0.29, 0.717) is 22.8 Å². The average molecular weight is 372 g/mol. The first-order chi connectivity index (χ1) is 12.7. The number of thioether (sulfide) groups is 1. The minimum absolute atomic E-state index is 0.189. The summed E-state index contributed by atoms with van der Waals surface area (Å²) in [7, 11) is 0. The average Bonchev–Trinajstić information content (AvgIpc) is 3.15. The molecule has 26 heavy (non-hydrogen) atoms. The van der Waals surface area contributed by atoms with Gasteiger partial charge in [-0.3, -0.25) is 4.79 Å². The van der Waals surface area contributed by atoms with Gasteiger partial charge in [-0.05, 0) is 43.7 Å². The summed E-state index contributed by atoms with van der Waals surface area (Å²) in [6, 6.07) is 7.98. The lowest BCUT2D eigenvalue weighted by Crippen LogP contribution is -2.45. The molecule has 0 spiro atoms. The van der Waals surface area contributed by atoms with Gasteiger partial charge in [0.05, 0.1) is 5.75 Å². The summed E-state index contributed by atoms with van der Waals surface area (Å²) in [6.45, 7) is 3.88. The highest BCUT2D eigenvalue weighted by Gasteiger charge is 2.32. The summed E-state index contributed by atoms with van der Waals surface area (Å²) in [5, 5.41) is 8.63. The molecular weight excluding hydrogens is 346 g/mol. The monoisotopic (exact) mass is 371 g/mol. The van der Waals surface area contributed by atoms with Gasteiger partial charge in [-0.2, -0.15) is 0 Å². The molecule has 1 aromatic carbocycles. The van der Waals surface area contributed by atoms with Crippen LogP contribution in [0.3, 0.4) is 0 Å². The first-order valence-electron chi connectivity index (χ1n) is 9.50. The quantitative estimate of drug-likeness (QED) is 0.755. The van der Waals surface area contributed by atoms with Gasteiger partial charge < -0.3 is 9.32 Å². The second-order valence-electron chi connectivity index (χ2n) is 7.46. The molecule has 0 radical (unpaired) electrons. The maximum absolute atomic E-state index is 12.6. The lowest BCUT2D eigenvalue weighted by atomic mass is 9.75. The van der Waals surface area contributed by atoms with Gasteiger partial charge in [-0.15, -0.1) is 10.2 Å². The van der Waals surface area contributed by atoms with Gasteiger partial charge in [0.1, 0.15) is 0 Å². The van der Waals surface area contributed by atoms with E-state index in [2.05, 4.69) is 10.2 Å². The van der Waals surface area contributed by atoms with Crippen LogP contribution < -0.4 is 0 Å². The first kappa shape index (κ1) is 17.6. The number of hydrogen-bond donors (Lipinski definition) is 0. The molecule has 1 saturated carbocycles. The van der Waals surface area contributed by atoms with Crippen molar-refractivity contribution in [3.63, 3.8) is 0 Å². The number of likely N-dealkylation sites (tertiary alicyclic amines) is 1. The normalized spacial score (nSPS) is 22.9. The van der Waals surface area contributed by atoms with Gasteiger partial charge in [0.25, 0.3) is 5.22 Å². The van der Waals surface area contributed by atoms with Crippen molar-refractivity contribution in [1.29, 1.82) is 0 Å². The highest BCUT2D eigenvalue weighted by atomic mass is 32.2. The highest BCUT2D eigenvalue weighted by molar-refractivity contribution is 7.99. The van der Waals surface area contributed by atoms with Gasteiger partial charge in [0, 0.05) is 18.7 Å². The van der Waals surface area contributed by atoms with E-state index in [1.54, 1.807) is 0 Å². The van der Waals surface area contributed by atoms with Gasteiger partial charge in [-0.1, -0.05) is 48.7 Å². The standard InChI is InChI=1S/C20H25N3O2S/c1-14-6-8-16(9-7-14)19-21-22-20(25-19)26-13-18(24)23-11-10-15-4-2-3-5-17(15)12-23/h6-9,15,17H,2-5,10-13H2,1H3/t15-,17-/m0/s1. The van der Waals surface area contributed by atoms with Crippen molar-refractivity contribution >= 4 is 17.7 Å². The fourth-order valence-electron chi connectivity index (χ4n) is 4.12. The number of hydrogen-bond acceptors (Lipinski definition) is 5. The van der Waals surface area contributed by atoms with E-state index >= 15 is 0 Å². The third-order valence-electron chi connectivity index (χ3n) is 5.67. The van der Waals surface area contributed by atoms with Gasteiger partial charge >= 0.3 is 0 Å². The Hall–Kier alpha value is -1.82. The maximum Gasteiger partial charge on any atom is 0.277 e. The Kier molecular flexibility index (Phi) is 5.29. The molecule has 2 atom stereocenters. The van der Waals surface area contributed by atoms with Crippen LogP contribution in [0.4, 0.5) is 0 Å². The van der Waals surface area contributed by atoms with Gasteiger partial charge in [-0.25, -0.2) is 0 Å². The van der Waals surface area contributed by atoms with E-state index in [-0.39, 0.29) is 5.91 Å². The SMILES string of the molecule is Cc1ccc(-c2nnc(SCC(=O)N3CC[C@@H]4CCCC[C@H]4C3)o2)cc1. The fourth-order valence-corrected chi connectivity index (χ4v) is 4.79. The van der Waals surface area contributed by atoms with Gasteiger partial charge in [0.2, 0.25) is 11.8 Å². The number of benzene rings is 1. The lowest BCUT2D eigenvalue weighted by molar-refractivity contribution is -0.131. The Labute approximate surface area is 158 Å². The number of nitrogens with zero attached hydrogens (tertiary/aromatic N) is 3. The second-order valence-corrected chi connectivity index (χ2v) is 8.39. The molecule has 6 heteroatoms. The molecule has 1 saturated heterocycles. The third-order valence-corrected chi connectivity index (χ3v) is 6.47. The third kappa shape index (κ3) is 3.95. The van der Waals surface area contributed by atoms with E-state index < -0.39 is 0 Å². The van der Waals surface area contributed by atoms with Crippen molar-refractivity contribution in [2.45, 2.75) is 44.3 Å². The summed E-state index contributed by atoms with van der Waals surface area (Å²) < 4.78 is 5.70. The topological polar surface area (TPSA) is 59.2 Å². The van der Waals surface area contributed by atoms with Crippen molar-refractivity contribution in [1.82, 2.24) is 15.1 Å². The number of amides is 1. The molecule has 0 unspecified atom stereocenters. The zero-order valence-electron chi connectivity index (χ0n) is 15.2. The van der Waals surface area contributed by atoms with Crippen LogP contribution in [0.2, 0.25) is 0 Å². The molecule has 1 amide bonds. The molecule has 0 bridgehead atoms. The lowest BCUT2D eigenvalue weighted by Gasteiger charge is -2.41. The number of fused-ring (bicyclic) bond motifs is 1. The van der Waals surface area contributed by atoms with E-state index in [4.69, 9.17) is 4.42 Å². The molecule has 2 heterocycles. The summed E-state index contributed by atoms with van der Waals surface area (Å²) >= 11 is 1.34. The van der Waals surface area contributed by atoms with Gasteiger partial charge in [0.15, 0.2) is 0 Å². The van der Waals surface area contributed by atoms with Crippen LogP contribution in [0.25, 0.3) is 11.5 Å². The molecule has 1 aliphatic heterocycles. The number of aryl methyl sites for hydroxylation is 1. The summed E-state index contributed by atoms with van der Waals surface area (Å²) in [4.78, 5) is 14.6. The van der Waals surface area contributed by atoms with Crippen LogP contribution in [-0.2, 0) is 4.79 Å². The Morgan fingerprint density at radius 3 is 2.73 bits per heavy atom. The zero-order valence-corrected chi connectivity index (χ0v) is 16.0. The first-order valence-corrected chi connectivity index (χ1v) is 10.5. The largest absolute Gasteiger partial charge is 0.411 e. The van der Waals surface area contributed by atoms with Crippen molar-refractivity contribution in [3.8, 4) is 11.5 Å². The molecule has 1 aromatic heterocycles. The Bertz CT molecular complexity index is 759. The predicted octanol–water partition coefficient (Wildman–Crippen LogP) is 4.18. The molecule has 5 nitrogen and oxygen atoms in total. The molecular formula is C20H25N3O2S. The molecule has 1 aliphatic carbocycles. The number of aromatic nitrogens is 2. The minimum Gasteiger partial charge on any atom is -0.411 e. The van der Waals surface area contributed by atoms with Crippen LogP contribution >= 0.6 is 11.8 Å². The minimum atomic E-state index is 0.189. The highest BCUT2D eigenvalue weighted by Crippen LogP contribution is 2.36. The van der Waals surface area contributed by atoms with Crippen molar-refractivity contribution in [3.05, 3.63) is 29.8 Å². The van der Waals surface area contributed by atoms with E-state index in [1.807, 2.05) is 36.1 Å². The van der Waals surface area contributed by atoms with Crippen LogP contribution in [0, 0.1) is 18.8 Å². The molecule has 0 N–H and O–H groups in total. The smallest absolute Gasteiger partial charge is 0.277 e. The Morgan fingerprint density at radius 1 is 1.15 bits per heavy atom.